The van der Waals surface area contributed by atoms with Crippen LogP contribution in [0.1, 0.15) is 19.3 Å². The van der Waals surface area contributed by atoms with Gasteiger partial charge in [-0.25, -0.2) is 0 Å². The van der Waals surface area contributed by atoms with Crippen LogP contribution >= 0.6 is 0 Å². The minimum absolute atomic E-state index is 0.0336. The SMILES string of the molecule is O=C(O)[C@@H]1C2C=CC(C2)[C@@H]1C(=O)NCC1CCCOC1. The third-order valence-electron chi connectivity index (χ3n) is 4.87. The molecule has 3 rings (SSSR count). The quantitative estimate of drug-likeness (QED) is 0.754. The van der Waals surface area contributed by atoms with E-state index in [0.29, 0.717) is 19.1 Å². The molecule has 5 atom stereocenters. The summed E-state index contributed by atoms with van der Waals surface area (Å²) in [5.74, 6) is -1.39. The lowest BCUT2D eigenvalue weighted by Crippen LogP contribution is -2.42. The molecule has 0 spiro atoms. The molecule has 0 radical (unpaired) electrons. The monoisotopic (exact) mass is 279 g/mol. The Balaban J connectivity index is 1.58. The number of hydrogen-bond donors (Lipinski definition) is 2. The predicted molar refractivity (Wildman–Crippen MR) is 71.9 cm³/mol. The molecule has 20 heavy (non-hydrogen) atoms. The van der Waals surface area contributed by atoms with Gasteiger partial charge in [0.15, 0.2) is 0 Å². The summed E-state index contributed by atoms with van der Waals surface area (Å²) in [4.78, 5) is 23.7. The summed E-state index contributed by atoms with van der Waals surface area (Å²) in [5.41, 5.74) is 0. The topological polar surface area (TPSA) is 75.6 Å². The van der Waals surface area contributed by atoms with Gasteiger partial charge in [0.25, 0.3) is 0 Å². The smallest absolute Gasteiger partial charge is 0.307 e. The van der Waals surface area contributed by atoms with Crippen LogP contribution in [0, 0.1) is 29.6 Å². The second kappa shape index (κ2) is 5.56. The van der Waals surface area contributed by atoms with Crippen molar-refractivity contribution in [2.24, 2.45) is 29.6 Å². The highest BCUT2D eigenvalue weighted by Gasteiger charge is 2.51. The van der Waals surface area contributed by atoms with Crippen LogP contribution in [0.2, 0.25) is 0 Å². The molecule has 0 aromatic heterocycles. The van der Waals surface area contributed by atoms with Gasteiger partial charge in [-0.05, 0) is 37.0 Å². The van der Waals surface area contributed by atoms with Crippen LogP contribution in [0.4, 0.5) is 0 Å². The summed E-state index contributed by atoms with van der Waals surface area (Å²) in [6.07, 6.45) is 6.89. The summed E-state index contributed by atoms with van der Waals surface area (Å²) in [6.45, 7) is 2.10. The van der Waals surface area contributed by atoms with Gasteiger partial charge in [0, 0.05) is 13.2 Å². The van der Waals surface area contributed by atoms with Gasteiger partial charge in [0.05, 0.1) is 18.4 Å². The number of carboxylic acids is 1. The van der Waals surface area contributed by atoms with E-state index in [-0.39, 0.29) is 17.7 Å². The van der Waals surface area contributed by atoms with Crippen LogP contribution in [0.15, 0.2) is 12.2 Å². The maximum Gasteiger partial charge on any atom is 0.307 e. The first-order valence-electron chi connectivity index (χ1n) is 7.43. The summed E-state index contributed by atoms with van der Waals surface area (Å²) in [6, 6.07) is 0. The van der Waals surface area contributed by atoms with Crippen molar-refractivity contribution in [3.05, 3.63) is 12.2 Å². The minimum Gasteiger partial charge on any atom is -0.481 e. The lowest BCUT2D eigenvalue weighted by molar-refractivity contribution is -0.147. The van der Waals surface area contributed by atoms with E-state index in [4.69, 9.17) is 4.74 Å². The first-order chi connectivity index (χ1) is 9.66. The Bertz CT molecular complexity index is 428. The van der Waals surface area contributed by atoms with Crippen LogP contribution in [-0.2, 0) is 14.3 Å². The first kappa shape index (κ1) is 13.6. The van der Waals surface area contributed by atoms with E-state index in [1.807, 2.05) is 12.2 Å². The Morgan fingerprint density at radius 2 is 2.00 bits per heavy atom. The Morgan fingerprint density at radius 3 is 2.65 bits per heavy atom. The van der Waals surface area contributed by atoms with Gasteiger partial charge in [-0.15, -0.1) is 0 Å². The zero-order valence-corrected chi connectivity index (χ0v) is 11.5. The molecule has 2 bridgehead atoms. The summed E-state index contributed by atoms with van der Waals surface area (Å²) in [5, 5.41) is 12.3. The minimum atomic E-state index is -0.844. The van der Waals surface area contributed by atoms with E-state index in [1.54, 1.807) is 0 Å². The normalized spacial score (nSPS) is 38.9. The van der Waals surface area contributed by atoms with Crippen molar-refractivity contribution in [1.29, 1.82) is 0 Å². The van der Waals surface area contributed by atoms with Gasteiger partial charge >= 0.3 is 5.97 Å². The zero-order valence-electron chi connectivity index (χ0n) is 11.5. The molecule has 2 aliphatic carbocycles. The van der Waals surface area contributed by atoms with E-state index >= 15 is 0 Å². The molecule has 5 heteroatoms. The number of aliphatic carboxylic acids is 1. The van der Waals surface area contributed by atoms with Crippen molar-refractivity contribution < 1.29 is 19.4 Å². The number of hydrogen-bond acceptors (Lipinski definition) is 3. The molecular weight excluding hydrogens is 258 g/mol. The van der Waals surface area contributed by atoms with E-state index in [1.165, 1.54) is 0 Å². The summed E-state index contributed by atoms with van der Waals surface area (Å²) >= 11 is 0. The van der Waals surface area contributed by atoms with Crippen molar-refractivity contribution in [3.8, 4) is 0 Å². The summed E-state index contributed by atoms with van der Waals surface area (Å²) in [7, 11) is 0. The number of carboxylic acid groups (broad SMARTS) is 1. The lowest BCUT2D eigenvalue weighted by Gasteiger charge is -2.26. The number of rotatable bonds is 4. The van der Waals surface area contributed by atoms with Crippen molar-refractivity contribution >= 4 is 11.9 Å². The maximum absolute atomic E-state index is 12.3. The van der Waals surface area contributed by atoms with Crippen molar-refractivity contribution in [2.75, 3.05) is 19.8 Å². The molecule has 1 heterocycles. The number of allylic oxidation sites excluding steroid dienone is 2. The highest BCUT2D eigenvalue weighted by atomic mass is 16.5. The third-order valence-corrected chi connectivity index (χ3v) is 4.87. The zero-order chi connectivity index (χ0) is 14.1. The maximum atomic E-state index is 12.3. The Morgan fingerprint density at radius 1 is 1.25 bits per heavy atom. The second-order valence-corrected chi connectivity index (χ2v) is 6.17. The van der Waals surface area contributed by atoms with E-state index < -0.39 is 17.8 Å². The number of ether oxygens (including phenoxy) is 1. The fraction of sp³-hybridized carbons (Fsp3) is 0.733. The fourth-order valence-electron chi connectivity index (χ4n) is 3.85. The number of carbonyl (C=O) groups is 2. The van der Waals surface area contributed by atoms with Gasteiger partial charge in [0.1, 0.15) is 0 Å². The van der Waals surface area contributed by atoms with Crippen molar-refractivity contribution in [2.45, 2.75) is 19.3 Å². The van der Waals surface area contributed by atoms with E-state index in [9.17, 15) is 14.7 Å². The molecule has 0 aromatic rings. The predicted octanol–water partition coefficient (Wildman–Crippen LogP) is 1.05. The van der Waals surface area contributed by atoms with Crippen LogP contribution in [0.5, 0.6) is 0 Å². The van der Waals surface area contributed by atoms with Gasteiger partial charge in [-0.1, -0.05) is 12.2 Å². The third kappa shape index (κ3) is 2.46. The van der Waals surface area contributed by atoms with Crippen molar-refractivity contribution in [1.82, 2.24) is 5.32 Å². The molecular formula is C15H21NO4. The van der Waals surface area contributed by atoms with Crippen LogP contribution in [0.25, 0.3) is 0 Å². The van der Waals surface area contributed by atoms with Gasteiger partial charge in [-0.3, -0.25) is 9.59 Å². The molecule has 0 aromatic carbocycles. The van der Waals surface area contributed by atoms with Gasteiger partial charge in [0.2, 0.25) is 5.91 Å². The molecule has 1 amide bonds. The van der Waals surface area contributed by atoms with E-state index in [2.05, 4.69) is 5.32 Å². The van der Waals surface area contributed by atoms with Crippen LogP contribution < -0.4 is 5.32 Å². The Hall–Kier alpha value is -1.36. The van der Waals surface area contributed by atoms with E-state index in [0.717, 1.165) is 25.9 Å². The largest absolute Gasteiger partial charge is 0.481 e. The van der Waals surface area contributed by atoms with Gasteiger partial charge in [-0.2, -0.15) is 0 Å². The Labute approximate surface area is 118 Å². The standard InChI is InChI=1S/C15H21NO4/c17-14(16-7-9-2-1-5-20-8-9)12-10-3-4-11(6-10)13(12)15(18)19/h3-4,9-13H,1-2,5-8H2,(H,16,17)(H,18,19)/t9?,10?,11?,12-,13+/m0/s1. The highest BCUT2D eigenvalue weighted by molar-refractivity contribution is 5.86. The first-order valence-corrected chi connectivity index (χ1v) is 7.43. The van der Waals surface area contributed by atoms with Gasteiger partial charge < -0.3 is 15.2 Å². The molecule has 110 valence electrons. The molecule has 2 fully saturated rings. The Kier molecular flexibility index (Phi) is 3.78. The van der Waals surface area contributed by atoms with Crippen LogP contribution in [0.3, 0.4) is 0 Å². The molecule has 3 aliphatic rings. The molecule has 1 saturated heterocycles. The molecule has 3 unspecified atom stereocenters. The number of carbonyl (C=O) groups excluding carboxylic acids is 1. The molecule has 1 aliphatic heterocycles. The number of fused-ring (bicyclic) bond motifs is 2. The second-order valence-electron chi connectivity index (χ2n) is 6.17. The number of amides is 1. The highest BCUT2D eigenvalue weighted by Crippen LogP contribution is 2.48. The average molecular weight is 279 g/mol. The average Bonchev–Trinajstić information content (AvgIpc) is 3.06. The van der Waals surface area contributed by atoms with Crippen LogP contribution in [-0.4, -0.2) is 36.7 Å². The number of nitrogens with one attached hydrogen (secondary N) is 1. The van der Waals surface area contributed by atoms with Crippen molar-refractivity contribution in [3.63, 3.8) is 0 Å². The molecule has 1 saturated carbocycles. The molecule has 2 N–H and O–H groups in total. The summed E-state index contributed by atoms with van der Waals surface area (Å²) < 4.78 is 5.39. The fourth-order valence-corrected chi connectivity index (χ4v) is 3.85. The lowest BCUT2D eigenvalue weighted by atomic mass is 9.82. The molecule has 5 nitrogen and oxygen atoms in total.